The van der Waals surface area contributed by atoms with Crippen molar-refractivity contribution in [3.8, 4) is 5.75 Å². The molecule has 2 aromatic rings. The van der Waals surface area contributed by atoms with Gasteiger partial charge in [-0.25, -0.2) is 9.89 Å². The zero-order valence-corrected chi connectivity index (χ0v) is 13.2. The molecule has 7 heteroatoms. The average Bonchev–Trinajstić information content (AvgIpc) is 2.75. The van der Waals surface area contributed by atoms with Gasteiger partial charge in [-0.05, 0) is 50.2 Å². The zero-order valence-electron chi connectivity index (χ0n) is 12.4. The third-order valence-corrected chi connectivity index (χ3v) is 3.71. The molecule has 1 aromatic heterocycles. The normalized spacial score (nSPS) is 11.0. The molecule has 6 nitrogen and oxygen atoms in total. The van der Waals surface area contributed by atoms with Crippen molar-refractivity contribution in [3.05, 3.63) is 28.7 Å². The molecule has 0 atom stereocenters. The van der Waals surface area contributed by atoms with Gasteiger partial charge in [0, 0.05) is 11.4 Å². The molecule has 114 valence electrons. The minimum atomic E-state index is -0.187. The Hall–Kier alpha value is -1.89. The lowest BCUT2D eigenvalue weighted by molar-refractivity contribution is 0.243. The lowest BCUT2D eigenvalue weighted by Gasteiger charge is -2.13. The van der Waals surface area contributed by atoms with Gasteiger partial charge in [0.05, 0.1) is 11.8 Å². The number of anilines is 1. The summed E-state index contributed by atoms with van der Waals surface area (Å²) in [7, 11) is 0. The maximum Gasteiger partial charge on any atom is 0.343 e. The van der Waals surface area contributed by atoms with Gasteiger partial charge < -0.3 is 10.5 Å². The fraction of sp³-hybridized carbons (Fsp3) is 0.429. The molecule has 0 unspecified atom stereocenters. The molecule has 2 rings (SSSR count). The molecule has 1 aromatic carbocycles. The van der Waals surface area contributed by atoms with E-state index in [1.807, 2.05) is 32.9 Å². The van der Waals surface area contributed by atoms with Crippen LogP contribution in [0.1, 0.15) is 27.2 Å². The van der Waals surface area contributed by atoms with E-state index in [2.05, 4.69) is 10.2 Å². The van der Waals surface area contributed by atoms with Gasteiger partial charge >= 0.3 is 5.69 Å². The van der Waals surface area contributed by atoms with E-state index in [0.717, 1.165) is 11.3 Å². The van der Waals surface area contributed by atoms with Crippen LogP contribution in [0.25, 0.3) is 0 Å². The number of aromatic nitrogens is 3. The minimum absolute atomic E-state index is 0.0520. The van der Waals surface area contributed by atoms with Gasteiger partial charge in [-0.15, -0.1) is 5.10 Å². The summed E-state index contributed by atoms with van der Waals surface area (Å²) in [4.78, 5) is 12.6. The number of nitrogen functional groups attached to an aromatic ring is 1. The Bertz CT molecular complexity index is 663. The lowest BCUT2D eigenvalue weighted by atomic mass is 10.3. The van der Waals surface area contributed by atoms with E-state index >= 15 is 0 Å². The van der Waals surface area contributed by atoms with Gasteiger partial charge in [-0.3, -0.25) is 4.57 Å². The number of nitrogens with one attached hydrogen (secondary N) is 1. The third-order valence-electron chi connectivity index (χ3n) is 2.73. The van der Waals surface area contributed by atoms with E-state index in [1.54, 1.807) is 10.6 Å². The van der Waals surface area contributed by atoms with E-state index < -0.39 is 0 Å². The first kappa shape index (κ1) is 15.5. The van der Waals surface area contributed by atoms with Crippen molar-refractivity contribution in [2.45, 2.75) is 49.9 Å². The molecule has 1 heterocycles. The summed E-state index contributed by atoms with van der Waals surface area (Å²) >= 11 is 1.41. The topological polar surface area (TPSA) is 85.9 Å². The number of aromatic amines is 1. The summed E-state index contributed by atoms with van der Waals surface area (Å²) in [6.07, 6.45) is 0.924. The second-order valence-corrected chi connectivity index (χ2v) is 5.97. The molecule has 3 N–H and O–H groups in total. The van der Waals surface area contributed by atoms with E-state index in [9.17, 15) is 4.79 Å². The molecule has 0 aliphatic heterocycles. The number of nitrogens with zero attached hydrogens (tertiary/aromatic N) is 2. The van der Waals surface area contributed by atoms with Crippen LogP contribution >= 0.6 is 11.8 Å². The van der Waals surface area contributed by atoms with E-state index in [1.165, 1.54) is 11.8 Å². The molecule has 0 aliphatic carbocycles. The van der Waals surface area contributed by atoms with Crippen LogP contribution in [0, 0.1) is 0 Å². The lowest BCUT2D eigenvalue weighted by Crippen LogP contribution is -2.17. The molecule has 0 spiro atoms. The van der Waals surface area contributed by atoms with Gasteiger partial charge in [0.15, 0.2) is 5.16 Å². The Morgan fingerprint density at radius 3 is 2.90 bits per heavy atom. The summed E-state index contributed by atoms with van der Waals surface area (Å²) in [5, 5.41) is 7.18. The number of benzene rings is 1. The monoisotopic (exact) mass is 308 g/mol. The van der Waals surface area contributed by atoms with Crippen LogP contribution in [0.4, 0.5) is 5.69 Å². The van der Waals surface area contributed by atoms with E-state index in [0.29, 0.717) is 23.1 Å². The van der Waals surface area contributed by atoms with Crippen molar-refractivity contribution in [2.24, 2.45) is 0 Å². The van der Waals surface area contributed by atoms with Crippen molar-refractivity contribution in [1.82, 2.24) is 14.8 Å². The predicted molar refractivity (Wildman–Crippen MR) is 83.9 cm³/mol. The van der Waals surface area contributed by atoms with Gasteiger partial charge in [0.1, 0.15) is 5.75 Å². The number of nitrogens with two attached hydrogens (primary N) is 1. The Balaban J connectivity index is 2.26. The highest BCUT2D eigenvalue weighted by Gasteiger charge is 2.11. The predicted octanol–water partition coefficient (Wildman–Crippen LogP) is 2.50. The highest BCUT2D eigenvalue weighted by molar-refractivity contribution is 7.99. The number of ether oxygens (including phenoxy) is 1. The minimum Gasteiger partial charge on any atom is -0.489 e. The van der Waals surface area contributed by atoms with Gasteiger partial charge in [-0.1, -0.05) is 6.92 Å². The second kappa shape index (κ2) is 6.71. The third kappa shape index (κ3) is 3.81. The van der Waals surface area contributed by atoms with Crippen LogP contribution in [-0.4, -0.2) is 20.9 Å². The molecular formula is C14H20N4O2S. The number of rotatable bonds is 6. The molecule has 0 bridgehead atoms. The summed E-state index contributed by atoms with van der Waals surface area (Å²) in [5.41, 5.74) is 6.31. The molecule has 0 amide bonds. The Morgan fingerprint density at radius 2 is 2.24 bits per heavy atom. The van der Waals surface area contributed by atoms with Gasteiger partial charge in [-0.2, -0.15) is 0 Å². The first-order valence-electron chi connectivity index (χ1n) is 6.90. The Labute approximate surface area is 127 Å². The highest BCUT2D eigenvalue weighted by atomic mass is 32.2. The van der Waals surface area contributed by atoms with Crippen LogP contribution in [0.15, 0.2) is 33.0 Å². The zero-order chi connectivity index (χ0) is 15.4. The largest absolute Gasteiger partial charge is 0.489 e. The maximum atomic E-state index is 11.7. The van der Waals surface area contributed by atoms with Crippen molar-refractivity contribution in [3.63, 3.8) is 0 Å². The van der Waals surface area contributed by atoms with E-state index in [4.69, 9.17) is 10.5 Å². The van der Waals surface area contributed by atoms with Crippen LogP contribution < -0.4 is 16.2 Å². The molecule has 0 saturated heterocycles. The summed E-state index contributed by atoms with van der Waals surface area (Å²) in [6.45, 7) is 6.56. The smallest absolute Gasteiger partial charge is 0.343 e. The molecule has 0 fully saturated rings. The first-order chi connectivity index (χ1) is 10.0. The van der Waals surface area contributed by atoms with Crippen LogP contribution in [-0.2, 0) is 6.54 Å². The quantitative estimate of drug-likeness (QED) is 0.801. The van der Waals surface area contributed by atoms with E-state index in [-0.39, 0.29) is 11.8 Å². The van der Waals surface area contributed by atoms with Gasteiger partial charge in [0.2, 0.25) is 0 Å². The summed E-state index contributed by atoms with van der Waals surface area (Å²) in [6, 6.07) is 5.56. The molecule has 0 saturated carbocycles. The van der Waals surface area contributed by atoms with Crippen molar-refractivity contribution in [2.75, 3.05) is 5.73 Å². The fourth-order valence-corrected chi connectivity index (χ4v) is 2.73. The highest BCUT2D eigenvalue weighted by Crippen LogP contribution is 2.32. The van der Waals surface area contributed by atoms with Crippen LogP contribution in [0.5, 0.6) is 5.75 Å². The fourth-order valence-electron chi connectivity index (χ4n) is 1.84. The molecule has 0 radical (unpaired) electrons. The number of H-pyrrole nitrogens is 1. The number of hydrogen-bond donors (Lipinski definition) is 2. The number of hydrogen-bond acceptors (Lipinski definition) is 5. The molecule has 0 aliphatic rings. The summed E-state index contributed by atoms with van der Waals surface area (Å²) < 4.78 is 7.30. The Kier molecular flexibility index (Phi) is 4.95. The van der Waals surface area contributed by atoms with Crippen LogP contribution in [0.2, 0.25) is 0 Å². The Morgan fingerprint density at radius 1 is 1.48 bits per heavy atom. The first-order valence-corrected chi connectivity index (χ1v) is 7.72. The molecular weight excluding hydrogens is 288 g/mol. The van der Waals surface area contributed by atoms with Crippen molar-refractivity contribution < 1.29 is 4.74 Å². The summed E-state index contributed by atoms with van der Waals surface area (Å²) in [5.74, 6) is 0.648. The second-order valence-electron chi connectivity index (χ2n) is 4.93. The van der Waals surface area contributed by atoms with Crippen LogP contribution in [0.3, 0.4) is 0 Å². The van der Waals surface area contributed by atoms with Crippen molar-refractivity contribution >= 4 is 17.4 Å². The van der Waals surface area contributed by atoms with Crippen molar-refractivity contribution in [1.29, 1.82) is 0 Å². The molecule has 21 heavy (non-hydrogen) atoms. The standard InChI is InChI=1S/C14H20N4O2S/c1-4-7-18-13(19)16-17-14(18)21-10-5-6-11(15)12(8-10)20-9(2)3/h5-6,8-9H,4,7,15H2,1-3H3,(H,16,19). The van der Waals surface area contributed by atoms with Gasteiger partial charge in [0.25, 0.3) is 0 Å². The maximum absolute atomic E-state index is 11.7. The SMILES string of the molecule is CCCn1c(Sc2ccc(N)c(OC(C)C)c2)n[nH]c1=O. The average molecular weight is 308 g/mol.